The number of anilines is 1. The number of nitrogens with one attached hydrogen (secondary N) is 1. The quantitative estimate of drug-likeness (QED) is 0.330. The van der Waals surface area contributed by atoms with E-state index < -0.39 is 0 Å². The molecule has 4 heterocycles. The number of hydrogen-bond acceptors (Lipinski definition) is 7. The summed E-state index contributed by atoms with van der Waals surface area (Å²) in [6.07, 6.45) is 4.81. The summed E-state index contributed by atoms with van der Waals surface area (Å²) in [6.45, 7) is 0.722. The lowest BCUT2D eigenvalue weighted by atomic mass is 10.2. The van der Waals surface area contributed by atoms with Crippen LogP contribution in [0.3, 0.4) is 0 Å². The first-order valence-corrected chi connectivity index (χ1v) is 11.4. The van der Waals surface area contributed by atoms with Crippen LogP contribution in [0.25, 0.3) is 11.7 Å². The number of aromatic nitrogens is 2. The third-order valence-corrected chi connectivity index (χ3v) is 6.49. The standard InChI is InChI=1S/C24H18N4O3S2/c29-22-18(13-19-23(30)28(24(32)33-19)15-16-7-2-1-3-8-16)21(25-14-17-9-6-12-31-17)26-20-10-4-5-11-27(20)22/h1-13,25H,14-15H2/b19-13-. The van der Waals surface area contributed by atoms with Crippen molar-refractivity contribution in [3.05, 3.63) is 105 Å². The van der Waals surface area contributed by atoms with Gasteiger partial charge in [-0.2, -0.15) is 0 Å². The number of carbonyl (C=O) groups is 1. The van der Waals surface area contributed by atoms with Gasteiger partial charge < -0.3 is 9.73 Å². The van der Waals surface area contributed by atoms with Crippen molar-refractivity contribution in [2.75, 3.05) is 5.32 Å². The summed E-state index contributed by atoms with van der Waals surface area (Å²) >= 11 is 6.64. The molecule has 9 heteroatoms. The number of nitrogens with zero attached hydrogens (tertiary/aromatic N) is 3. The van der Waals surface area contributed by atoms with E-state index in [1.165, 1.54) is 16.2 Å². The smallest absolute Gasteiger partial charge is 0.267 e. The first-order valence-electron chi connectivity index (χ1n) is 10.2. The van der Waals surface area contributed by atoms with Gasteiger partial charge >= 0.3 is 0 Å². The van der Waals surface area contributed by atoms with Gasteiger partial charge in [-0.05, 0) is 35.9 Å². The highest BCUT2D eigenvalue weighted by Crippen LogP contribution is 2.34. The molecule has 0 bridgehead atoms. The van der Waals surface area contributed by atoms with Gasteiger partial charge in [0.2, 0.25) is 0 Å². The van der Waals surface area contributed by atoms with Crippen molar-refractivity contribution in [2.45, 2.75) is 13.1 Å². The summed E-state index contributed by atoms with van der Waals surface area (Å²) in [7, 11) is 0. The second-order valence-corrected chi connectivity index (χ2v) is 8.97. The Morgan fingerprint density at radius 1 is 1.06 bits per heavy atom. The number of rotatable bonds is 6. The number of thiocarbonyl (C=S) groups is 1. The van der Waals surface area contributed by atoms with Gasteiger partial charge in [-0.15, -0.1) is 0 Å². The first kappa shape index (κ1) is 21.2. The predicted molar refractivity (Wildman–Crippen MR) is 133 cm³/mol. The van der Waals surface area contributed by atoms with Crippen LogP contribution in [0.4, 0.5) is 5.82 Å². The Balaban J connectivity index is 1.52. The molecule has 1 fully saturated rings. The van der Waals surface area contributed by atoms with Crippen LogP contribution < -0.4 is 10.9 Å². The fourth-order valence-electron chi connectivity index (χ4n) is 3.48. The van der Waals surface area contributed by atoms with Crippen LogP contribution in [-0.4, -0.2) is 24.5 Å². The largest absolute Gasteiger partial charge is 0.467 e. The topological polar surface area (TPSA) is 79.9 Å². The van der Waals surface area contributed by atoms with Gasteiger partial charge in [0.1, 0.15) is 21.5 Å². The van der Waals surface area contributed by atoms with E-state index >= 15 is 0 Å². The van der Waals surface area contributed by atoms with Crippen molar-refractivity contribution in [1.82, 2.24) is 14.3 Å². The van der Waals surface area contributed by atoms with Crippen molar-refractivity contribution in [3.8, 4) is 0 Å². The molecule has 0 aliphatic carbocycles. The lowest BCUT2D eigenvalue weighted by molar-refractivity contribution is -0.122. The fourth-order valence-corrected chi connectivity index (χ4v) is 4.72. The monoisotopic (exact) mass is 474 g/mol. The average molecular weight is 475 g/mol. The molecular formula is C24H18N4O3S2. The van der Waals surface area contributed by atoms with Gasteiger partial charge in [0.05, 0.1) is 29.8 Å². The number of furan rings is 1. The summed E-state index contributed by atoms with van der Waals surface area (Å²) in [5, 5.41) is 3.17. The molecule has 1 N–H and O–H groups in total. The van der Waals surface area contributed by atoms with Crippen molar-refractivity contribution in [3.63, 3.8) is 0 Å². The summed E-state index contributed by atoms with van der Waals surface area (Å²) in [5.74, 6) is 0.838. The maximum absolute atomic E-state index is 13.3. The Labute approximate surface area is 198 Å². The molecule has 1 amide bonds. The SMILES string of the molecule is O=C1/C(=C/c2c(NCc3ccco3)nc3ccccn3c2=O)SC(=S)N1Cc1ccccc1. The zero-order valence-corrected chi connectivity index (χ0v) is 18.9. The molecule has 0 unspecified atom stereocenters. The summed E-state index contributed by atoms with van der Waals surface area (Å²) in [6, 6.07) is 18.6. The van der Waals surface area contributed by atoms with E-state index in [-0.39, 0.29) is 17.0 Å². The zero-order chi connectivity index (χ0) is 22.8. The Hall–Kier alpha value is -3.69. The third-order valence-electron chi connectivity index (χ3n) is 5.11. The molecule has 1 saturated heterocycles. The molecule has 7 nitrogen and oxygen atoms in total. The number of thioether (sulfide) groups is 1. The predicted octanol–water partition coefficient (Wildman–Crippen LogP) is 4.30. The summed E-state index contributed by atoms with van der Waals surface area (Å²) in [4.78, 5) is 33.0. The summed E-state index contributed by atoms with van der Waals surface area (Å²) < 4.78 is 7.28. The Morgan fingerprint density at radius 3 is 2.67 bits per heavy atom. The van der Waals surface area contributed by atoms with E-state index in [1.807, 2.05) is 42.5 Å². The van der Waals surface area contributed by atoms with Crippen LogP contribution >= 0.6 is 24.0 Å². The van der Waals surface area contributed by atoms with Crippen LogP contribution in [0.2, 0.25) is 0 Å². The highest BCUT2D eigenvalue weighted by atomic mass is 32.2. The molecule has 0 atom stereocenters. The van der Waals surface area contributed by atoms with E-state index in [2.05, 4.69) is 10.3 Å². The maximum atomic E-state index is 13.3. The van der Waals surface area contributed by atoms with E-state index in [0.717, 1.165) is 5.56 Å². The molecule has 0 spiro atoms. The van der Waals surface area contributed by atoms with Crippen molar-refractivity contribution >= 4 is 51.7 Å². The Kier molecular flexibility index (Phi) is 5.80. The van der Waals surface area contributed by atoms with Crippen molar-refractivity contribution in [2.24, 2.45) is 0 Å². The molecule has 1 aliphatic rings. The van der Waals surface area contributed by atoms with Gasteiger partial charge in [0, 0.05) is 6.20 Å². The molecule has 1 aliphatic heterocycles. The molecular weight excluding hydrogens is 456 g/mol. The summed E-state index contributed by atoms with van der Waals surface area (Å²) in [5.41, 5.74) is 1.47. The number of carbonyl (C=O) groups excluding carboxylic acids is 1. The minimum atomic E-state index is -0.282. The molecule has 3 aromatic heterocycles. The number of benzene rings is 1. The fraction of sp³-hybridized carbons (Fsp3) is 0.0833. The lowest BCUT2D eigenvalue weighted by Gasteiger charge is -2.14. The van der Waals surface area contributed by atoms with Crippen LogP contribution in [0.5, 0.6) is 0 Å². The van der Waals surface area contributed by atoms with Crippen molar-refractivity contribution in [1.29, 1.82) is 0 Å². The molecule has 0 saturated carbocycles. The highest BCUT2D eigenvalue weighted by Gasteiger charge is 2.32. The zero-order valence-electron chi connectivity index (χ0n) is 17.3. The average Bonchev–Trinajstić information content (AvgIpc) is 3.44. The molecule has 4 aromatic rings. The maximum Gasteiger partial charge on any atom is 0.267 e. The van der Waals surface area contributed by atoms with Gasteiger partial charge in [-0.25, -0.2) is 4.98 Å². The number of hydrogen-bond donors (Lipinski definition) is 1. The van der Waals surface area contributed by atoms with E-state index in [0.29, 0.717) is 39.5 Å². The minimum Gasteiger partial charge on any atom is -0.467 e. The number of pyridine rings is 1. The molecule has 5 rings (SSSR count). The number of fused-ring (bicyclic) bond motifs is 1. The number of amides is 1. The first-order chi connectivity index (χ1) is 16.1. The van der Waals surface area contributed by atoms with Crippen LogP contribution in [0.15, 0.2) is 87.2 Å². The van der Waals surface area contributed by atoms with Crippen LogP contribution in [-0.2, 0) is 17.9 Å². The van der Waals surface area contributed by atoms with E-state index in [1.54, 1.807) is 41.6 Å². The van der Waals surface area contributed by atoms with Gasteiger partial charge in [-0.3, -0.25) is 18.9 Å². The van der Waals surface area contributed by atoms with Gasteiger partial charge in [0.25, 0.3) is 11.5 Å². The molecule has 1 aromatic carbocycles. The van der Waals surface area contributed by atoms with Gasteiger partial charge in [0.15, 0.2) is 0 Å². The van der Waals surface area contributed by atoms with Crippen LogP contribution in [0.1, 0.15) is 16.9 Å². The normalized spacial score (nSPS) is 15.0. The lowest BCUT2D eigenvalue weighted by Crippen LogP contribution is -2.27. The highest BCUT2D eigenvalue weighted by molar-refractivity contribution is 8.26. The van der Waals surface area contributed by atoms with Gasteiger partial charge in [-0.1, -0.05) is 60.4 Å². The van der Waals surface area contributed by atoms with Crippen LogP contribution in [0, 0.1) is 0 Å². The van der Waals surface area contributed by atoms with Crippen molar-refractivity contribution < 1.29 is 9.21 Å². The molecule has 164 valence electrons. The van der Waals surface area contributed by atoms with E-state index in [9.17, 15) is 9.59 Å². The second kappa shape index (κ2) is 9.05. The molecule has 33 heavy (non-hydrogen) atoms. The second-order valence-electron chi connectivity index (χ2n) is 7.29. The Morgan fingerprint density at radius 2 is 1.88 bits per heavy atom. The van der Waals surface area contributed by atoms with E-state index in [4.69, 9.17) is 16.6 Å². The Bertz CT molecular complexity index is 1430. The molecule has 0 radical (unpaired) electrons. The minimum absolute atomic E-state index is 0.233. The third kappa shape index (κ3) is 4.33.